The van der Waals surface area contributed by atoms with E-state index in [4.69, 9.17) is 4.74 Å². The maximum atomic E-state index is 11.5. The van der Waals surface area contributed by atoms with Crippen LogP contribution in [0.3, 0.4) is 0 Å². The minimum Gasteiger partial charge on any atom is -0.339 e. The van der Waals surface area contributed by atoms with E-state index >= 15 is 0 Å². The molecule has 2 rings (SSSR count). The Morgan fingerprint density at radius 3 is 2.56 bits per heavy atom. The van der Waals surface area contributed by atoms with Crippen molar-refractivity contribution in [3.05, 3.63) is 42.0 Å². The Kier molecular flexibility index (Phi) is 2.79. The second-order valence-electron chi connectivity index (χ2n) is 4.31. The van der Waals surface area contributed by atoms with Gasteiger partial charge in [0.1, 0.15) is 5.72 Å². The van der Waals surface area contributed by atoms with Crippen LogP contribution in [-0.4, -0.2) is 17.7 Å². The molecule has 1 amide bonds. The summed E-state index contributed by atoms with van der Waals surface area (Å²) < 4.78 is 5.54. The molecule has 1 aliphatic heterocycles. The number of amides is 1. The molecule has 0 bridgehead atoms. The highest BCUT2D eigenvalue weighted by Gasteiger charge is 2.36. The molecule has 1 aromatic carbocycles. The molecule has 1 heterocycles. The maximum absolute atomic E-state index is 11.5. The van der Waals surface area contributed by atoms with Gasteiger partial charge in [0, 0.05) is 0 Å². The smallest absolute Gasteiger partial charge is 0.255 e. The van der Waals surface area contributed by atoms with Gasteiger partial charge < -0.3 is 10.1 Å². The van der Waals surface area contributed by atoms with Gasteiger partial charge in [-0.1, -0.05) is 36.4 Å². The third-order valence-electron chi connectivity index (χ3n) is 2.37. The summed E-state index contributed by atoms with van der Waals surface area (Å²) in [4.78, 5) is 11.5. The summed E-state index contributed by atoms with van der Waals surface area (Å²) in [6.45, 7) is 3.67. The molecule has 0 unspecified atom stereocenters. The van der Waals surface area contributed by atoms with Gasteiger partial charge in [-0.2, -0.15) is 0 Å². The highest BCUT2D eigenvalue weighted by atomic mass is 16.5. The highest BCUT2D eigenvalue weighted by Crippen LogP contribution is 2.18. The van der Waals surface area contributed by atoms with E-state index in [1.54, 1.807) is 6.08 Å². The van der Waals surface area contributed by atoms with Crippen LogP contribution in [0.4, 0.5) is 0 Å². The van der Waals surface area contributed by atoms with E-state index in [2.05, 4.69) is 5.32 Å². The fourth-order valence-corrected chi connectivity index (χ4v) is 1.66. The molecule has 1 aromatic rings. The van der Waals surface area contributed by atoms with E-state index in [1.807, 2.05) is 50.3 Å². The van der Waals surface area contributed by atoms with Gasteiger partial charge >= 0.3 is 0 Å². The molecule has 84 valence electrons. The summed E-state index contributed by atoms with van der Waals surface area (Å²) in [6, 6.07) is 9.83. The number of ether oxygens (including phenoxy) is 1. The molecule has 1 saturated heterocycles. The summed E-state index contributed by atoms with van der Waals surface area (Å²) in [7, 11) is 0. The predicted molar refractivity (Wildman–Crippen MR) is 62.6 cm³/mol. The number of hydrogen-bond acceptors (Lipinski definition) is 2. The predicted octanol–water partition coefficient (Wildman–Crippen LogP) is 1.95. The Labute approximate surface area is 95.1 Å². The molecule has 0 spiro atoms. The minimum absolute atomic E-state index is 0.0859. The zero-order valence-corrected chi connectivity index (χ0v) is 9.44. The van der Waals surface area contributed by atoms with E-state index in [-0.39, 0.29) is 5.91 Å². The molecule has 16 heavy (non-hydrogen) atoms. The second-order valence-corrected chi connectivity index (χ2v) is 4.31. The van der Waals surface area contributed by atoms with E-state index in [0.717, 1.165) is 5.56 Å². The Morgan fingerprint density at radius 1 is 1.31 bits per heavy atom. The zero-order chi connectivity index (χ0) is 11.6. The van der Waals surface area contributed by atoms with Gasteiger partial charge in [0.15, 0.2) is 6.10 Å². The van der Waals surface area contributed by atoms with Crippen LogP contribution in [0.25, 0.3) is 6.08 Å². The molecule has 0 radical (unpaired) electrons. The SMILES string of the molecule is CC1(C)NC(=O)[C@@H](/C=C/c2ccccc2)O1. The van der Waals surface area contributed by atoms with Crippen LogP contribution < -0.4 is 5.32 Å². The first-order chi connectivity index (χ1) is 7.57. The van der Waals surface area contributed by atoms with E-state index < -0.39 is 11.8 Å². The molecule has 3 heteroatoms. The molecule has 1 atom stereocenters. The minimum atomic E-state index is -0.567. The fraction of sp³-hybridized carbons (Fsp3) is 0.308. The maximum Gasteiger partial charge on any atom is 0.255 e. The van der Waals surface area contributed by atoms with Crippen molar-refractivity contribution in [3.63, 3.8) is 0 Å². The Hall–Kier alpha value is -1.61. The average molecular weight is 217 g/mol. The lowest BCUT2D eigenvalue weighted by atomic mass is 10.2. The largest absolute Gasteiger partial charge is 0.339 e. The molecule has 1 aliphatic rings. The molecule has 0 saturated carbocycles. The number of benzene rings is 1. The van der Waals surface area contributed by atoms with Crippen molar-refractivity contribution < 1.29 is 9.53 Å². The van der Waals surface area contributed by atoms with Crippen LogP contribution in [-0.2, 0) is 9.53 Å². The lowest BCUT2D eigenvalue weighted by Gasteiger charge is -2.16. The molecule has 1 N–H and O–H groups in total. The number of hydrogen-bond donors (Lipinski definition) is 1. The first kappa shape index (κ1) is 10.9. The quantitative estimate of drug-likeness (QED) is 0.822. The van der Waals surface area contributed by atoms with E-state index in [1.165, 1.54) is 0 Å². The van der Waals surface area contributed by atoms with Crippen molar-refractivity contribution in [2.45, 2.75) is 25.7 Å². The van der Waals surface area contributed by atoms with Gasteiger partial charge in [-0.05, 0) is 25.5 Å². The van der Waals surface area contributed by atoms with Crippen molar-refractivity contribution in [2.24, 2.45) is 0 Å². The van der Waals surface area contributed by atoms with E-state index in [0.29, 0.717) is 0 Å². The van der Waals surface area contributed by atoms with Crippen LogP contribution in [0.15, 0.2) is 36.4 Å². The molecule has 0 aliphatic carbocycles. The highest BCUT2D eigenvalue weighted by molar-refractivity contribution is 5.86. The molecular weight excluding hydrogens is 202 g/mol. The molecular formula is C13H15NO2. The normalized spacial score (nSPS) is 23.6. The third-order valence-corrected chi connectivity index (χ3v) is 2.37. The van der Waals surface area contributed by atoms with E-state index in [9.17, 15) is 4.79 Å². The summed E-state index contributed by atoms with van der Waals surface area (Å²) in [5.41, 5.74) is 0.492. The average Bonchev–Trinajstić information content (AvgIpc) is 2.50. The second kappa shape index (κ2) is 4.10. The van der Waals surface area contributed by atoms with Crippen molar-refractivity contribution in [1.29, 1.82) is 0 Å². The van der Waals surface area contributed by atoms with Crippen LogP contribution in [0.2, 0.25) is 0 Å². The van der Waals surface area contributed by atoms with Crippen molar-refractivity contribution >= 4 is 12.0 Å². The van der Waals surface area contributed by atoms with Gasteiger partial charge in [0.2, 0.25) is 0 Å². The van der Waals surface area contributed by atoms with Crippen molar-refractivity contribution in [3.8, 4) is 0 Å². The van der Waals surface area contributed by atoms with Gasteiger partial charge in [-0.25, -0.2) is 0 Å². The summed E-state index contributed by atoms with van der Waals surface area (Å²) in [5.74, 6) is -0.0859. The number of carbonyl (C=O) groups excluding carboxylic acids is 1. The Morgan fingerprint density at radius 2 is 2.00 bits per heavy atom. The number of carbonyl (C=O) groups is 1. The summed E-state index contributed by atoms with van der Waals surface area (Å²) in [5, 5.41) is 2.77. The van der Waals surface area contributed by atoms with Crippen LogP contribution in [0.5, 0.6) is 0 Å². The van der Waals surface area contributed by atoms with Gasteiger partial charge in [0.25, 0.3) is 5.91 Å². The standard InChI is InChI=1S/C13H15NO2/c1-13(2)14-12(15)11(16-13)9-8-10-6-4-3-5-7-10/h3-9,11H,1-2H3,(H,14,15)/b9-8+/t11-/m1/s1. The zero-order valence-electron chi connectivity index (χ0n) is 9.44. The fourth-order valence-electron chi connectivity index (χ4n) is 1.66. The Balaban J connectivity index is 2.06. The monoisotopic (exact) mass is 217 g/mol. The summed E-state index contributed by atoms with van der Waals surface area (Å²) in [6.07, 6.45) is 3.18. The third kappa shape index (κ3) is 2.49. The number of nitrogens with one attached hydrogen (secondary N) is 1. The molecule has 1 fully saturated rings. The van der Waals surface area contributed by atoms with Crippen LogP contribution >= 0.6 is 0 Å². The first-order valence-corrected chi connectivity index (χ1v) is 5.30. The lowest BCUT2D eigenvalue weighted by molar-refractivity contribution is -0.121. The lowest BCUT2D eigenvalue weighted by Crippen LogP contribution is -2.35. The Bertz CT molecular complexity index is 409. The van der Waals surface area contributed by atoms with Gasteiger partial charge in [0.05, 0.1) is 0 Å². The van der Waals surface area contributed by atoms with Gasteiger partial charge in [-0.3, -0.25) is 4.79 Å². The number of rotatable bonds is 2. The summed E-state index contributed by atoms with van der Waals surface area (Å²) >= 11 is 0. The van der Waals surface area contributed by atoms with Crippen molar-refractivity contribution in [2.75, 3.05) is 0 Å². The molecule has 3 nitrogen and oxygen atoms in total. The van der Waals surface area contributed by atoms with Crippen LogP contribution in [0.1, 0.15) is 19.4 Å². The van der Waals surface area contributed by atoms with Gasteiger partial charge in [-0.15, -0.1) is 0 Å². The topological polar surface area (TPSA) is 38.3 Å². The molecule has 0 aromatic heterocycles. The van der Waals surface area contributed by atoms with Crippen LogP contribution in [0, 0.1) is 0 Å². The first-order valence-electron chi connectivity index (χ1n) is 5.30. The van der Waals surface area contributed by atoms with Crippen molar-refractivity contribution in [1.82, 2.24) is 5.32 Å².